The Morgan fingerprint density at radius 2 is 1.48 bits per heavy atom. The monoisotopic (exact) mass is 369 g/mol. The van der Waals surface area contributed by atoms with Gasteiger partial charge in [0.1, 0.15) is 12.6 Å². The van der Waals surface area contributed by atoms with Gasteiger partial charge < -0.3 is 21.1 Å². The van der Waals surface area contributed by atoms with E-state index in [-0.39, 0.29) is 18.4 Å². The maximum Gasteiger partial charge on any atom is 0.408 e. The van der Waals surface area contributed by atoms with Crippen LogP contribution in [0.5, 0.6) is 0 Å². The zero-order valence-corrected chi connectivity index (χ0v) is 15.7. The van der Waals surface area contributed by atoms with Crippen molar-refractivity contribution in [3.8, 4) is 0 Å². The first-order valence-corrected chi connectivity index (χ1v) is 9.03. The van der Waals surface area contributed by atoms with Gasteiger partial charge >= 0.3 is 6.09 Å². The van der Waals surface area contributed by atoms with Gasteiger partial charge in [-0.1, -0.05) is 74.5 Å². The molecule has 2 aromatic rings. The summed E-state index contributed by atoms with van der Waals surface area (Å²) in [4.78, 5) is 24.8. The molecule has 0 aliphatic rings. The van der Waals surface area contributed by atoms with E-state index < -0.39 is 18.3 Å². The smallest absolute Gasteiger partial charge is 0.408 e. The van der Waals surface area contributed by atoms with E-state index in [1.54, 1.807) is 0 Å². The van der Waals surface area contributed by atoms with Crippen molar-refractivity contribution >= 4 is 12.0 Å². The van der Waals surface area contributed by atoms with Crippen molar-refractivity contribution in [1.82, 2.24) is 10.6 Å². The number of ether oxygens (including phenoxy) is 1. The fourth-order valence-corrected chi connectivity index (χ4v) is 2.40. The molecule has 1 unspecified atom stereocenters. The van der Waals surface area contributed by atoms with Crippen molar-refractivity contribution in [1.29, 1.82) is 0 Å². The summed E-state index contributed by atoms with van der Waals surface area (Å²) in [5, 5.41) is 5.40. The lowest BCUT2D eigenvalue weighted by Gasteiger charge is -2.23. The molecule has 6 heteroatoms. The van der Waals surface area contributed by atoms with Gasteiger partial charge in [0.15, 0.2) is 0 Å². The number of hydrogen-bond donors (Lipinski definition) is 3. The Balaban J connectivity index is 1.99. The minimum absolute atomic E-state index is 0.0800. The summed E-state index contributed by atoms with van der Waals surface area (Å²) in [7, 11) is 0. The third-order valence-corrected chi connectivity index (χ3v) is 4.13. The molecule has 6 nitrogen and oxygen atoms in total. The van der Waals surface area contributed by atoms with E-state index in [4.69, 9.17) is 10.5 Å². The summed E-state index contributed by atoms with van der Waals surface area (Å²) >= 11 is 0. The molecule has 0 aromatic heterocycles. The SMILES string of the molecule is CC(C)C(N)NC(=O)[C@H](Cc1ccccc1)NC(=O)OCc1ccccc1. The van der Waals surface area contributed by atoms with Gasteiger partial charge in [0.05, 0.1) is 6.17 Å². The summed E-state index contributed by atoms with van der Waals surface area (Å²) in [6, 6.07) is 18.1. The molecule has 27 heavy (non-hydrogen) atoms. The zero-order chi connectivity index (χ0) is 19.6. The molecule has 0 radical (unpaired) electrons. The number of amides is 2. The highest BCUT2D eigenvalue weighted by Crippen LogP contribution is 2.06. The summed E-state index contributed by atoms with van der Waals surface area (Å²) in [6.07, 6.45) is -0.788. The Morgan fingerprint density at radius 1 is 0.926 bits per heavy atom. The van der Waals surface area contributed by atoms with Gasteiger partial charge in [-0.15, -0.1) is 0 Å². The van der Waals surface area contributed by atoms with Crippen molar-refractivity contribution in [2.24, 2.45) is 11.7 Å². The third kappa shape index (κ3) is 7.11. The Morgan fingerprint density at radius 3 is 2.04 bits per heavy atom. The normalized spacial score (nSPS) is 12.9. The number of carbonyl (C=O) groups excluding carboxylic acids is 2. The molecule has 0 bridgehead atoms. The predicted molar refractivity (Wildman–Crippen MR) is 105 cm³/mol. The highest BCUT2D eigenvalue weighted by atomic mass is 16.5. The first-order valence-electron chi connectivity index (χ1n) is 9.03. The molecule has 0 spiro atoms. The van der Waals surface area contributed by atoms with E-state index >= 15 is 0 Å². The van der Waals surface area contributed by atoms with Crippen LogP contribution in [0.3, 0.4) is 0 Å². The molecule has 2 aromatic carbocycles. The Hall–Kier alpha value is -2.86. The van der Waals surface area contributed by atoms with Crippen molar-refractivity contribution < 1.29 is 14.3 Å². The van der Waals surface area contributed by atoms with Gasteiger partial charge in [-0.2, -0.15) is 0 Å². The zero-order valence-electron chi connectivity index (χ0n) is 15.7. The Kier molecular flexibility index (Phi) is 7.82. The fraction of sp³-hybridized carbons (Fsp3) is 0.333. The maximum absolute atomic E-state index is 12.6. The molecule has 0 aliphatic carbocycles. The van der Waals surface area contributed by atoms with E-state index in [0.29, 0.717) is 6.42 Å². The van der Waals surface area contributed by atoms with Crippen molar-refractivity contribution in [3.63, 3.8) is 0 Å². The summed E-state index contributed by atoms with van der Waals surface area (Å²) < 4.78 is 5.24. The number of benzene rings is 2. The summed E-state index contributed by atoms with van der Waals surface area (Å²) in [5.74, 6) is -0.256. The van der Waals surface area contributed by atoms with Gasteiger partial charge in [0, 0.05) is 6.42 Å². The first-order chi connectivity index (χ1) is 13.0. The van der Waals surface area contributed by atoms with E-state index in [1.165, 1.54) is 0 Å². The number of carbonyl (C=O) groups is 2. The number of rotatable bonds is 8. The number of alkyl carbamates (subject to hydrolysis) is 1. The molecule has 0 aliphatic heterocycles. The largest absolute Gasteiger partial charge is 0.445 e. The Labute approximate surface area is 160 Å². The molecular weight excluding hydrogens is 342 g/mol. The van der Waals surface area contributed by atoms with E-state index in [9.17, 15) is 9.59 Å². The second kappa shape index (κ2) is 10.3. The number of nitrogens with one attached hydrogen (secondary N) is 2. The molecule has 2 atom stereocenters. The van der Waals surface area contributed by atoms with Crippen LogP contribution in [0.15, 0.2) is 60.7 Å². The average Bonchev–Trinajstić information content (AvgIpc) is 2.67. The molecular formula is C21H27N3O3. The minimum Gasteiger partial charge on any atom is -0.445 e. The van der Waals surface area contributed by atoms with Crippen LogP contribution in [-0.4, -0.2) is 24.2 Å². The van der Waals surface area contributed by atoms with Gasteiger partial charge in [-0.05, 0) is 17.0 Å². The molecule has 2 amide bonds. The lowest BCUT2D eigenvalue weighted by molar-refractivity contribution is -0.124. The van der Waals surface area contributed by atoms with Crippen LogP contribution < -0.4 is 16.4 Å². The molecule has 0 heterocycles. The number of nitrogens with two attached hydrogens (primary N) is 1. The molecule has 0 saturated heterocycles. The fourth-order valence-electron chi connectivity index (χ4n) is 2.40. The van der Waals surface area contributed by atoms with Crippen LogP contribution in [0.4, 0.5) is 4.79 Å². The lowest BCUT2D eigenvalue weighted by Crippen LogP contribution is -2.54. The standard InChI is InChI=1S/C21H27N3O3/c1-15(2)19(22)24-20(25)18(13-16-9-5-3-6-10-16)23-21(26)27-14-17-11-7-4-8-12-17/h3-12,15,18-19H,13-14,22H2,1-2H3,(H,23,26)(H,24,25)/t18-,19?/m0/s1. The Bertz CT molecular complexity index is 720. The molecule has 4 N–H and O–H groups in total. The van der Waals surface area contributed by atoms with Crippen molar-refractivity contribution in [2.75, 3.05) is 0 Å². The molecule has 2 rings (SSSR count). The van der Waals surface area contributed by atoms with Gasteiger partial charge in [0.2, 0.25) is 5.91 Å². The van der Waals surface area contributed by atoms with Gasteiger partial charge in [0.25, 0.3) is 0 Å². The van der Waals surface area contributed by atoms with Crippen LogP contribution in [0.2, 0.25) is 0 Å². The second-order valence-corrected chi connectivity index (χ2v) is 6.73. The maximum atomic E-state index is 12.6. The van der Waals surface area contributed by atoms with E-state index in [0.717, 1.165) is 11.1 Å². The molecule has 0 fully saturated rings. The van der Waals surface area contributed by atoms with Gasteiger partial charge in [-0.25, -0.2) is 4.79 Å². The third-order valence-electron chi connectivity index (χ3n) is 4.13. The topological polar surface area (TPSA) is 93.5 Å². The van der Waals surface area contributed by atoms with Crippen molar-refractivity contribution in [3.05, 3.63) is 71.8 Å². The average molecular weight is 369 g/mol. The lowest BCUT2D eigenvalue weighted by atomic mass is 10.0. The number of hydrogen-bond acceptors (Lipinski definition) is 4. The first kappa shape index (κ1) is 20.5. The van der Waals surface area contributed by atoms with Crippen LogP contribution in [0, 0.1) is 5.92 Å². The highest BCUT2D eigenvalue weighted by molar-refractivity contribution is 5.86. The quantitative estimate of drug-likeness (QED) is 0.624. The van der Waals surface area contributed by atoms with Crippen molar-refractivity contribution in [2.45, 2.75) is 39.1 Å². The highest BCUT2D eigenvalue weighted by Gasteiger charge is 2.24. The van der Waals surface area contributed by atoms with E-state index in [1.807, 2.05) is 74.5 Å². The predicted octanol–water partition coefficient (Wildman–Crippen LogP) is 2.58. The van der Waals surface area contributed by atoms with E-state index in [2.05, 4.69) is 10.6 Å². The van der Waals surface area contributed by atoms with Crippen LogP contribution in [-0.2, 0) is 22.6 Å². The van der Waals surface area contributed by atoms with Crippen LogP contribution in [0.25, 0.3) is 0 Å². The van der Waals surface area contributed by atoms with Gasteiger partial charge in [-0.3, -0.25) is 4.79 Å². The minimum atomic E-state index is -0.777. The van der Waals surface area contributed by atoms with Crippen LogP contribution >= 0.6 is 0 Å². The van der Waals surface area contributed by atoms with Crippen LogP contribution in [0.1, 0.15) is 25.0 Å². The summed E-state index contributed by atoms with van der Waals surface area (Å²) in [6.45, 7) is 3.97. The second-order valence-electron chi connectivity index (χ2n) is 6.73. The molecule has 0 saturated carbocycles. The molecule has 144 valence electrons. The summed E-state index contributed by atoms with van der Waals surface area (Å²) in [5.41, 5.74) is 7.74.